The summed E-state index contributed by atoms with van der Waals surface area (Å²) in [7, 11) is 0. The number of carbonyl (C=O) groups excluding carboxylic acids is 2. The van der Waals surface area contributed by atoms with E-state index in [2.05, 4.69) is 15.6 Å². The third kappa shape index (κ3) is 7.39. The predicted molar refractivity (Wildman–Crippen MR) is 122 cm³/mol. The fourth-order valence-electron chi connectivity index (χ4n) is 3.87. The summed E-state index contributed by atoms with van der Waals surface area (Å²) in [5.41, 5.74) is 2.08. The molecule has 31 heavy (non-hydrogen) atoms. The van der Waals surface area contributed by atoms with E-state index in [0.717, 1.165) is 36.8 Å². The number of pyridine rings is 1. The van der Waals surface area contributed by atoms with Crippen molar-refractivity contribution in [2.75, 3.05) is 13.1 Å². The van der Waals surface area contributed by atoms with Crippen molar-refractivity contribution in [3.63, 3.8) is 0 Å². The van der Waals surface area contributed by atoms with Crippen molar-refractivity contribution < 1.29 is 14.3 Å². The summed E-state index contributed by atoms with van der Waals surface area (Å²) in [6.07, 6.45) is 7.21. The molecule has 3 rings (SSSR count). The molecule has 2 aromatic rings. The third-order valence-corrected chi connectivity index (χ3v) is 5.56. The van der Waals surface area contributed by atoms with E-state index in [4.69, 9.17) is 4.74 Å². The molecule has 0 atom stereocenters. The Morgan fingerprint density at radius 1 is 0.935 bits per heavy atom. The van der Waals surface area contributed by atoms with Gasteiger partial charge in [-0.25, -0.2) is 4.79 Å². The molecule has 0 saturated heterocycles. The van der Waals surface area contributed by atoms with Gasteiger partial charge in [0, 0.05) is 31.0 Å². The molecule has 1 fully saturated rings. The molecule has 1 aliphatic rings. The second kappa shape index (κ2) is 10.4. The Morgan fingerprint density at radius 2 is 1.55 bits per heavy atom. The van der Waals surface area contributed by atoms with E-state index in [-0.39, 0.29) is 12.0 Å². The number of benzene rings is 1. The molecule has 2 amide bonds. The molecular weight excluding hydrogens is 390 g/mol. The molecule has 6 heteroatoms. The highest BCUT2D eigenvalue weighted by molar-refractivity contribution is 5.95. The Balaban J connectivity index is 1.41. The van der Waals surface area contributed by atoms with Gasteiger partial charge in [-0.05, 0) is 69.9 Å². The van der Waals surface area contributed by atoms with Crippen LogP contribution in [0.5, 0.6) is 0 Å². The number of nitrogens with zero attached hydrogens (tertiary/aromatic N) is 1. The Hall–Kier alpha value is -2.89. The Labute approximate surface area is 184 Å². The van der Waals surface area contributed by atoms with Crippen LogP contribution < -0.4 is 10.6 Å². The molecular formula is C25H33N3O3. The van der Waals surface area contributed by atoms with E-state index >= 15 is 0 Å². The van der Waals surface area contributed by atoms with Crippen molar-refractivity contribution in [2.45, 2.75) is 52.1 Å². The van der Waals surface area contributed by atoms with Crippen LogP contribution in [-0.2, 0) is 4.74 Å². The van der Waals surface area contributed by atoms with Gasteiger partial charge in [0.25, 0.3) is 5.91 Å². The van der Waals surface area contributed by atoms with Crippen LogP contribution in [-0.4, -0.2) is 35.7 Å². The highest BCUT2D eigenvalue weighted by Crippen LogP contribution is 2.28. The van der Waals surface area contributed by atoms with Gasteiger partial charge >= 0.3 is 6.09 Å². The number of hydrogen-bond acceptors (Lipinski definition) is 4. The van der Waals surface area contributed by atoms with Crippen molar-refractivity contribution in [3.05, 3.63) is 54.4 Å². The van der Waals surface area contributed by atoms with Gasteiger partial charge in [-0.2, -0.15) is 0 Å². The largest absolute Gasteiger partial charge is 0.444 e. The van der Waals surface area contributed by atoms with Gasteiger partial charge in [0.2, 0.25) is 0 Å². The lowest BCUT2D eigenvalue weighted by Crippen LogP contribution is -2.37. The van der Waals surface area contributed by atoms with E-state index in [9.17, 15) is 9.59 Å². The van der Waals surface area contributed by atoms with E-state index in [0.29, 0.717) is 30.5 Å². The van der Waals surface area contributed by atoms with Gasteiger partial charge in [0.1, 0.15) is 5.60 Å². The number of rotatable bonds is 6. The summed E-state index contributed by atoms with van der Waals surface area (Å²) in [6, 6.07) is 11.8. The van der Waals surface area contributed by atoms with E-state index in [1.807, 2.05) is 57.2 Å². The van der Waals surface area contributed by atoms with Crippen molar-refractivity contribution in [3.8, 4) is 11.1 Å². The second-order valence-electron chi connectivity index (χ2n) is 9.31. The third-order valence-electron chi connectivity index (χ3n) is 5.56. The lowest BCUT2D eigenvalue weighted by atomic mass is 9.82. The van der Waals surface area contributed by atoms with Gasteiger partial charge in [-0.1, -0.05) is 30.3 Å². The minimum absolute atomic E-state index is 0.0843. The Morgan fingerprint density at radius 3 is 2.16 bits per heavy atom. The number of alkyl carbamates (subject to hydrolysis) is 1. The zero-order chi connectivity index (χ0) is 22.3. The van der Waals surface area contributed by atoms with Gasteiger partial charge < -0.3 is 15.4 Å². The number of hydrogen-bond donors (Lipinski definition) is 2. The molecule has 1 aromatic carbocycles. The SMILES string of the molecule is CC(C)(C)OC(=O)NCC1CCC(CNC(=O)c2cncc(-c3ccccc3)c2)CC1. The van der Waals surface area contributed by atoms with E-state index in [1.165, 1.54) is 0 Å². The van der Waals surface area contributed by atoms with Crippen molar-refractivity contribution in [1.29, 1.82) is 0 Å². The zero-order valence-corrected chi connectivity index (χ0v) is 18.7. The standard InChI is InChI=1S/C25H33N3O3/c1-25(2,3)31-24(30)28-15-19-11-9-18(10-12-19)14-27-23(29)22-13-21(16-26-17-22)20-7-5-4-6-8-20/h4-8,13,16-19H,9-12,14-15H2,1-3H3,(H,27,29)(H,28,30). The maximum Gasteiger partial charge on any atom is 0.407 e. The average molecular weight is 424 g/mol. The van der Waals surface area contributed by atoms with Crippen molar-refractivity contribution in [2.24, 2.45) is 11.8 Å². The van der Waals surface area contributed by atoms with Gasteiger partial charge in [-0.15, -0.1) is 0 Å². The number of ether oxygens (including phenoxy) is 1. The Kier molecular flexibility index (Phi) is 7.66. The van der Waals surface area contributed by atoms with Gasteiger partial charge in [-0.3, -0.25) is 9.78 Å². The van der Waals surface area contributed by atoms with E-state index in [1.54, 1.807) is 12.4 Å². The molecule has 2 N–H and O–H groups in total. The van der Waals surface area contributed by atoms with Crippen LogP contribution in [0.4, 0.5) is 4.79 Å². The maximum absolute atomic E-state index is 12.6. The number of amides is 2. The van der Waals surface area contributed by atoms with E-state index < -0.39 is 5.60 Å². The average Bonchev–Trinajstić information content (AvgIpc) is 2.76. The van der Waals surface area contributed by atoms with Crippen LogP contribution in [0.3, 0.4) is 0 Å². The normalized spacial score (nSPS) is 18.8. The predicted octanol–water partition coefficient (Wildman–Crippen LogP) is 4.81. The summed E-state index contributed by atoms with van der Waals surface area (Å²) in [6.45, 7) is 6.90. The van der Waals surface area contributed by atoms with Gasteiger partial charge in [0.05, 0.1) is 5.56 Å². The van der Waals surface area contributed by atoms with Gasteiger partial charge in [0.15, 0.2) is 0 Å². The molecule has 0 aliphatic heterocycles. The highest BCUT2D eigenvalue weighted by atomic mass is 16.6. The Bertz CT molecular complexity index is 869. The molecule has 1 aromatic heterocycles. The lowest BCUT2D eigenvalue weighted by Gasteiger charge is -2.29. The molecule has 166 valence electrons. The minimum atomic E-state index is -0.476. The number of carbonyl (C=O) groups is 2. The van der Waals surface area contributed by atoms with Crippen LogP contribution in [0.1, 0.15) is 56.8 Å². The van der Waals surface area contributed by atoms with Crippen LogP contribution in [0.25, 0.3) is 11.1 Å². The second-order valence-corrected chi connectivity index (χ2v) is 9.31. The molecule has 0 radical (unpaired) electrons. The highest BCUT2D eigenvalue weighted by Gasteiger charge is 2.23. The molecule has 0 spiro atoms. The monoisotopic (exact) mass is 423 g/mol. The summed E-state index contributed by atoms with van der Waals surface area (Å²) in [4.78, 5) is 28.7. The molecule has 1 heterocycles. The zero-order valence-electron chi connectivity index (χ0n) is 18.7. The van der Waals surface area contributed by atoms with Crippen LogP contribution in [0.15, 0.2) is 48.8 Å². The van der Waals surface area contributed by atoms with Crippen molar-refractivity contribution >= 4 is 12.0 Å². The quantitative estimate of drug-likeness (QED) is 0.699. The lowest BCUT2D eigenvalue weighted by molar-refractivity contribution is 0.0512. The number of aromatic nitrogens is 1. The molecule has 1 saturated carbocycles. The fourth-order valence-corrected chi connectivity index (χ4v) is 3.87. The van der Waals surface area contributed by atoms with Crippen molar-refractivity contribution in [1.82, 2.24) is 15.6 Å². The summed E-state index contributed by atoms with van der Waals surface area (Å²) in [5.74, 6) is 0.845. The van der Waals surface area contributed by atoms with Crippen LogP contribution in [0.2, 0.25) is 0 Å². The first-order chi connectivity index (χ1) is 14.8. The first-order valence-electron chi connectivity index (χ1n) is 11.1. The van der Waals surface area contributed by atoms with Crippen LogP contribution >= 0.6 is 0 Å². The topological polar surface area (TPSA) is 80.3 Å². The smallest absolute Gasteiger partial charge is 0.407 e. The first kappa shape index (κ1) is 22.8. The summed E-state index contributed by atoms with van der Waals surface area (Å²) < 4.78 is 5.29. The minimum Gasteiger partial charge on any atom is -0.444 e. The molecule has 1 aliphatic carbocycles. The molecule has 0 unspecified atom stereocenters. The summed E-state index contributed by atoms with van der Waals surface area (Å²) in [5, 5.41) is 5.95. The molecule has 0 bridgehead atoms. The number of nitrogens with one attached hydrogen (secondary N) is 2. The fraction of sp³-hybridized carbons (Fsp3) is 0.480. The van der Waals surface area contributed by atoms with Crippen LogP contribution in [0, 0.1) is 11.8 Å². The first-order valence-corrected chi connectivity index (χ1v) is 11.1. The maximum atomic E-state index is 12.6. The summed E-state index contributed by atoms with van der Waals surface area (Å²) >= 11 is 0. The molecule has 6 nitrogen and oxygen atoms in total.